The first kappa shape index (κ1) is 13.2. The van der Waals surface area contributed by atoms with E-state index >= 15 is 0 Å². The molecule has 1 aliphatic rings. The lowest BCUT2D eigenvalue weighted by molar-refractivity contribution is 0.0876. The van der Waals surface area contributed by atoms with Gasteiger partial charge in [-0.2, -0.15) is 0 Å². The van der Waals surface area contributed by atoms with Gasteiger partial charge in [-0.3, -0.25) is 0 Å². The molecule has 1 N–H and O–H groups in total. The van der Waals surface area contributed by atoms with Crippen LogP contribution in [0.25, 0.3) is 0 Å². The van der Waals surface area contributed by atoms with Crippen molar-refractivity contribution in [2.24, 2.45) is 0 Å². The molecular formula is C16H23NO. The van der Waals surface area contributed by atoms with E-state index in [1.165, 1.54) is 36.1 Å². The van der Waals surface area contributed by atoms with E-state index in [1.807, 2.05) is 7.11 Å². The van der Waals surface area contributed by atoms with Crippen molar-refractivity contribution in [2.45, 2.75) is 51.6 Å². The van der Waals surface area contributed by atoms with Gasteiger partial charge in [0.1, 0.15) is 0 Å². The van der Waals surface area contributed by atoms with Crippen molar-refractivity contribution in [1.82, 2.24) is 0 Å². The van der Waals surface area contributed by atoms with Crippen LogP contribution in [0.4, 0.5) is 5.69 Å². The average molecular weight is 245 g/mol. The van der Waals surface area contributed by atoms with Gasteiger partial charge in [0.15, 0.2) is 0 Å². The molecule has 1 atom stereocenters. The molecule has 0 spiro atoms. The Morgan fingerprint density at radius 3 is 3.11 bits per heavy atom. The Balaban J connectivity index is 2.00. The molecule has 0 radical (unpaired) electrons. The Morgan fingerprint density at radius 2 is 2.33 bits per heavy atom. The van der Waals surface area contributed by atoms with Crippen molar-refractivity contribution < 1.29 is 4.74 Å². The molecule has 0 bridgehead atoms. The Labute approximate surface area is 111 Å². The summed E-state index contributed by atoms with van der Waals surface area (Å²) in [7, 11) is 1.82. The number of fused-ring (bicyclic) bond motifs is 1. The molecule has 2 heteroatoms. The van der Waals surface area contributed by atoms with E-state index in [4.69, 9.17) is 4.74 Å². The molecular weight excluding hydrogens is 222 g/mol. The maximum Gasteiger partial charge on any atom is 0.0892 e. The van der Waals surface area contributed by atoms with Gasteiger partial charge < -0.3 is 10.1 Å². The first-order chi connectivity index (χ1) is 8.85. The Hall–Kier alpha value is -1.20. The fraction of sp³-hybridized carbons (Fsp3) is 0.625. The Kier molecular flexibility index (Phi) is 4.90. The fourth-order valence-corrected chi connectivity index (χ4v) is 2.68. The average Bonchev–Trinajstić information content (AvgIpc) is 2.43. The zero-order chi connectivity index (χ0) is 12.8. The molecule has 1 aliphatic heterocycles. The summed E-state index contributed by atoms with van der Waals surface area (Å²) in [5, 5.41) is 3.41. The van der Waals surface area contributed by atoms with E-state index in [9.17, 15) is 0 Å². The zero-order valence-electron chi connectivity index (χ0n) is 11.5. The number of hydrogen-bond donors (Lipinski definition) is 1. The zero-order valence-corrected chi connectivity index (χ0v) is 11.5. The molecule has 1 heterocycles. The van der Waals surface area contributed by atoms with Gasteiger partial charge in [-0.15, -0.1) is 0 Å². The van der Waals surface area contributed by atoms with E-state index in [1.54, 1.807) is 0 Å². The number of methoxy groups -OCH3 is 1. The van der Waals surface area contributed by atoms with Crippen LogP contribution in [-0.4, -0.2) is 19.8 Å². The molecule has 1 aromatic carbocycles. The summed E-state index contributed by atoms with van der Waals surface area (Å²) in [4.78, 5) is 0. The molecule has 0 aromatic heterocycles. The van der Waals surface area contributed by atoms with Crippen molar-refractivity contribution in [3.05, 3.63) is 29.3 Å². The van der Waals surface area contributed by atoms with Crippen molar-refractivity contribution in [3.8, 4) is 0 Å². The van der Waals surface area contributed by atoms with Crippen LogP contribution in [0.1, 0.15) is 43.7 Å². The summed E-state index contributed by atoms with van der Waals surface area (Å²) in [6, 6.07) is 8.42. The molecule has 0 aliphatic carbocycles. The third-order valence-corrected chi connectivity index (χ3v) is 3.72. The van der Waals surface area contributed by atoms with Gasteiger partial charge in [0, 0.05) is 13.7 Å². The molecule has 98 valence electrons. The predicted octanol–water partition coefficient (Wildman–Crippen LogP) is 3.39. The van der Waals surface area contributed by atoms with Crippen LogP contribution < -0.4 is 5.32 Å². The van der Waals surface area contributed by atoms with Gasteiger partial charge >= 0.3 is 0 Å². The Bertz CT molecular complexity index is 375. The summed E-state index contributed by atoms with van der Waals surface area (Å²) in [6.07, 6.45) is 7.33. The second-order valence-corrected chi connectivity index (χ2v) is 5.01. The number of ether oxygens (including phenoxy) is 1. The topological polar surface area (TPSA) is 21.3 Å². The van der Waals surface area contributed by atoms with Gasteiger partial charge in [-0.05, 0) is 55.4 Å². The molecule has 1 aromatic rings. The minimum Gasteiger partial charge on any atom is -0.381 e. The minimum atomic E-state index is 0.395. The van der Waals surface area contributed by atoms with Crippen LogP contribution in [0, 0.1) is 12.1 Å². The van der Waals surface area contributed by atoms with Gasteiger partial charge in [0.05, 0.1) is 11.8 Å². The van der Waals surface area contributed by atoms with Gasteiger partial charge in [0.2, 0.25) is 0 Å². The summed E-state index contributed by atoms with van der Waals surface area (Å²) < 4.78 is 5.52. The highest BCUT2D eigenvalue weighted by atomic mass is 16.5. The largest absolute Gasteiger partial charge is 0.381 e. The molecule has 1 unspecified atom stereocenters. The number of aryl methyl sites for hydroxylation is 1. The van der Waals surface area contributed by atoms with Crippen LogP contribution >= 0.6 is 0 Å². The summed E-state index contributed by atoms with van der Waals surface area (Å²) in [6.45, 7) is 3.28. The molecule has 18 heavy (non-hydrogen) atoms. The second kappa shape index (κ2) is 6.66. The third kappa shape index (κ3) is 3.17. The van der Waals surface area contributed by atoms with E-state index in [2.05, 4.69) is 30.4 Å². The van der Waals surface area contributed by atoms with Gasteiger partial charge in [-0.1, -0.05) is 19.4 Å². The lowest BCUT2D eigenvalue weighted by atomic mass is 9.94. The van der Waals surface area contributed by atoms with E-state index in [-0.39, 0.29) is 0 Å². The van der Waals surface area contributed by atoms with E-state index < -0.39 is 0 Å². The maximum absolute atomic E-state index is 5.52. The van der Waals surface area contributed by atoms with Crippen LogP contribution in [0.15, 0.2) is 6.07 Å². The molecule has 0 saturated heterocycles. The summed E-state index contributed by atoms with van der Waals surface area (Å²) in [5.41, 5.74) is 4.05. The lowest BCUT2D eigenvalue weighted by Crippen LogP contribution is -2.15. The highest BCUT2D eigenvalue weighted by Crippen LogP contribution is 2.24. The van der Waals surface area contributed by atoms with Crippen LogP contribution in [0.3, 0.4) is 0 Å². The highest BCUT2D eigenvalue weighted by Gasteiger charge is 2.13. The monoisotopic (exact) mass is 245 g/mol. The third-order valence-electron chi connectivity index (χ3n) is 3.72. The first-order valence-electron chi connectivity index (χ1n) is 7.06. The number of anilines is 1. The standard InChI is InChI=1S/C16H23NO/c1-3-6-14(18-2)11-10-13-7-4-9-16-15(13)8-5-12-17-16/h7,14,17H,3,5-6,8,10-12H2,1-2H3. The number of hydrogen-bond acceptors (Lipinski definition) is 2. The Morgan fingerprint density at radius 1 is 1.44 bits per heavy atom. The SMILES string of the molecule is CCCC(CCc1cc#cc2c1CCCN2)OC. The van der Waals surface area contributed by atoms with Gasteiger partial charge in [0.25, 0.3) is 0 Å². The van der Waals surface area contributed by atoms with Gasteiger partial charge in [-0.25, -0.2) is 0 Å². The first-order valence-corrected chi connectivity index (χ1v) is 7.06. The fourth-order valence-electron chi connectivity index (χ4n) is 2.68. The van der Waals surface area contributed by atoms with Crippen LogP contribution in [-0.2, 0) is 17.6 Å². The number of rotatable bonds is 6. The van der Waals surface area contributed by atoms with E-state index in [0.717, 1.165) is 25.8 Å². The summed E-state index contributed by atoms with van der Waals surface area (Å²) in [5.74, 6) is 0. The smallest absolute Gasteiger partial charge is 0.0892 e. The predicted molar refractivity (Wildman–Crippen MR) is 75.0 cm³/mol. The summed E-state index contributed by atoms with van der Waals surface area (Å²) >= 11 is 0. The lowest BCUT2D eigenvalue weighted by Gasteiger charge is -2.20. The van der Waals surface area contributed by atoms with E-state index in [0.29, 0.717) is 6.10 Å². The maximum atomic E-state index is 5.52. The highest BCUT2D eigenvalue weighted by molar-refractivity contribution is 5.53. The molecule has 2 nitrogen and oxygen atoms in total. The molecule has 2 rings (SSSR count). The molecule has 0 fully saturated rings. The minimum absolute atomic E-state index is 0.395. The molecule has 0 amide bonds. The van der Waals surface area contributed by atoms with Crippen molar-refractivity contribution in [1.29, 1.82) is 0 Å². The quantitative estimate of drug-likeness (QED) is 0.829. The molecule has 0 saturated carbocycles. The van der Waals surface area contributed by atoms with Crippen LogP contribution in [0.2, 0.25) is 0 Å². The van der Waals surface area contributed by atoms with Crippen molar-refractivity contribution >= 4 is 5.69 Å². The second-order valence-electron chi connectivity index (χ2n) is 5.01. The van der Waals surface area contributed by atoms with Crippen molar-refractivity contribution in [2.75, 3.05) is 19.0 Å². The van der Waals surface area contributed by atoms with Crippen molar-refractivity contribution in [3.63, 3.8) is 0 Å². The normalized spacial score (nSPS) is 15.4. The van der Waals surface area contributed by atoms with Crippen LogP contribution in [0.5, 0.6) is 0 Å². The number of nitrogens with one attached hydrogen (secondary N) is 1.